The highest BCUT2D eigenvalue weighted by atomic mass is 16.2. The van der Waals surface area contributed by atoms with Crippen LogP contribution in [0.25, 0.3) is 0 Å². The molecule has 0 aromatic heterocycles. The molecular formula is C16H15NO2. The number of hydrogen-bond donors (Lipinski definition) is 0. The molecule has 96 valence electrons. The van der Waals surface area contributed by atoms with E-state index in [1.807, 2.05) is 30.3 Å². The van der Waals surface area contributed by atoms with Gasteiger partial charge in [-0.25, -0.2) is 0 Å². The fraction of sp³-hybridized carbons (Fsp3) is 0.375. The third-order valence-corrected chi connectivity index (χ3v) is 4.75. The summed E-state index contributed by atoms with van der Waals surface area (Å²) in [5.41, 5.74) is 1.02. The number of nitrogens with zero attached hydrogens (tertiary/aromatic N) is 1. The first kappa shape index (κ1) is 11.0. The lowest BCUT2D eigenvalue weighted by Gasteiger charge is -2.17. The molecule has 0 radical (unpaired) electrons. The summed E-state index contributed by atoms with van der Waals surface area (Å²) in [7, 11) is 0. The quantitative estimate of drug-likeness (QED) is 0.597. The second-order valence-electron chi connectivity index (χ2n) is 5.75. The number of imide groups is 1. The summed E-state index contributed by atoms with van der Waals surface area (Å²) in [6, 6.07) is 9.73. The van der Waals surface area contributed by atoms with Gasteiger partial charge in [0.15, 0.2) is 0 Å². The van der Waals surface area contributed by atoms with Gasteiger partial charge in [-0.3, -0.25) is 14.5 Å². The Bertz CT molecular complexity index is 548. The van der Waals surface area contributed by atoms with Gasteiger partial charge in [0.2, 0.25) is 11.8 Å². The van der Waals surface area contributed by atoms with Crippen molar-refractivity contribution in [2.24, 2.45) is 23.7 Å². The van der Waals surface area contributed by atoms with Gasteiger partial charge in [0.1, 0.15) is 0 Å². The fourth-order valence-corrected chi connectivity index (χ4v) is 3.89. The maximum Gasteiger partial charge on any atom is 0.234 e. The van der Waals surface area contributed by atoms with E-state index in [-0.39, 0.29) is 23.7 Å². The molecule has 0 N–H and O–H groups in total. The molecule has 1 aromatic carbocycles. The summed E-state index contributed by atoms with van der Waals surface area (Å²) < 4.78 is 0. The SMILES string of the molecule is O=C1[C@@H]2C3C=CC(C3)[C@@H]2C(=O)N1Cc1ccccc1. The molecule has 2 aliphatic carbocycles. The molecule has 2 unspecified atom stereocenters. The zero-order valence-electron chi connectivity index (χ0n) is 10.5. The van der Waals surface area contributed by atoms with E-state index < -0.39 is 0 Å². The van der Waals surface area contributed by atoms with Crippen LogP contribution in [0.3, 0.4) is 0 Å². The second kappa shape index (κ2) is 3.80. The number of benzene rings is 1. The maximum atomic E-state index is 12.5. The van der Waals surface area contributed by atoms with Crippen molar-refractivity contribution in [3.63, 3.8) is 0 Å². The van der Waals surface area contributed by atoms with Crippen LogP contribution in [-0.2, 0) is 16.1 Å². The van der Waals surface area contributed by atoms with Crippen molar-refractivity contribution in [1.82, 2.24) is 4.90 Å². The van der Waals surface area contributed by atoms with E-state index in [0.29, 0.717) is 18.4 Å². The van der Waals surface area contributed by atoms with Crippen molar-refractivity contribution in [1.29, 1.82) is 0 Å². The number of likely N-dealkylation sites (tertiary alicyclic amines) is 1. The zero-order chi connectivity index (χ0) is 13.0. The van der Waals surface area contributed by atoms with Crippen molar-refractivity contribution in [2.75, 3.05) is 0 Å². The van der Waals surface area contributed by atoms with Gasteiger partial charge < -0.3 is 0 Å². The highest BCUT2D eigenvalue weighted by Crippen LogP contribution is 2.52. The molecule has 4 rings (SSSR count). The second-order valence-corrected chi connectivity index (χ2v) is 5.75. The topological polar surface area (TPSA) is 37.4 Å². The van der Waals surface area contributed by atoms with Crippen LogP contribution < -0.4 is 0 Å². The molecule has 2 bridgehead atoms. The zero-order valence-corrected chi connectivity index (χ0v) is 10.5. The molecule has 19 heavy (non-hydrogen) atoms. The van der Waals surface area contributed by atoms with Gasteiger partial charge in [0.05, 0.1) is 18.4 Å². The van der Waals surface area contributed by atoms with Crippen molar-refractivity contribution in [2.45, 2.75) is 13.0 Å². The minimum atomic E-state index is -0.0776. The van der Waals surface area contributed by atoms with E-state index >= 15 is 0 Å². The molecule has 1 saturated heterocycles. The lowest BCUT2D eigenvalue weighted by atomic mass is 9.85. The first-order valence-electron chi connectivity index (χ1n) is 6.83. The molecule has 1 aromatic rings. The summed E-state index contributed by atoms with van der Waals surface area (Å²) >= 11 is 0. The van der Waals surface area contributed by atoms with E-state index in [9.17, 15) is 9.59 Å². The number of fused-ring (bicyclic) bond motifs is 5. The number of allylic oxidation sites excluding steroid dienone is 2. The lowest BCUT2D eigenvalue weighted by molar-refractivity contribution is -0.141. The molecule has 0 spiro atoms. The molecule has 2 amide bonds. The highest BCUT2D eigenvalue weighted by molar-refractivity contribution is 6.06. The smallest absolute Gasteiger partial charge is 0.234 e. The number of amides is 2. The monoisotopic (exact) mass is 253 g/mol. The third kappa shape index (κ3) is 1.44. The Hall–Kier alpha value is -1.90. The summed E-state index contributed by atoms with van der Waals surface area (Å²) in [6.45, 7) is 0.422. The number of rotatable bonds is 2. The Morgan fingerprint density at radius 3 is 2.11 bits per heavy atom. The van der Waals surface area contributed by atoms with Gasteiger partial charge in [-0.1, -0.05) is 42.5 Å². The van der Waals surface area contributed by atoms with Crippen molar-refractivity contribution in [3.05, 3.63) is 48.0 Å². The highest BCUT2D eigenvalue weighted by Gasteiger charge is 2.58. The van der Waals surface area contributed by atoms with E-state index in [0.717, 1.165) is 12.0 Å². The number of hydrogen-bond acceptors (Lipinski definition) is 2. The van der Waals surface area contributed by atoms with Crippen LogP contribution in [0, 0.1) is 23.7 Å². The Labute approximate surface area is 111 Å². The standard InChI is InChI=1S/C16H15NO2/c18-15-13-11-6-7-12(8-11)14(13)16(19)17(15)9-10-4-2-1-3-5-10/h1-7,11-14H,8-9H2/t11?,12?,13-,14+. The average Bonchev–Trinajstić information content (AvgIpc) is 3.10. The molecule has 1 aliphatic heterocycles. The summed E-state index contributed by atoms with van der Waals surface area (Å²) in [5, 5.41) is 0. The fourth-order valence-electron chi connectivity index (χ4n) is 3.89. The van der Waals surface area contributed by atoms with Gasteiger partial charge in [0, 0.05) is 0 Å². The predicted molar refractivity (Wildman–Crippen MR) is 69.7 cm³/mol. The Balaban J connectivity index is 1.62. The van der Waals surface area contributed by atoms with Gasteiger partial charge in [-0.2, -0.15) is 0 Å². The van der Waals surface area contributed by atoms with Gasteiger partial charge in [0.25, 0.3) is 0 Å². The molecule has 3 aliphatic rings. The maximum absolute atomic E-state index is 12.5. The van der Waals surface area contributed by atoms with Crippen LogP contribution in [0.4, 0.5) is 0 Å². The first-order valence-corrected chi connectivity index (χ1v) is 6.83. The van der Waals surface area contributed by atoms with Crippen molar-refractivity contribution in [3.8, 4) is 0 Å². The van der Waals surface area contributed by atoms with Crippen LogP contribution in [0.1, 0.15) is 12.0 Å². The summed E-state index contributed by atoms with van der Waals surface area (Å²) in [5.74, 6) is 0.517. The normalized spacial score (nSPS) is 35.3. The van der Waals surface area contributed by atoms with E-state index in [1.54, 1.807) is 0 Å². The van der Waals surface area contributed by atoms with Crippen LogP contribution in [0.2, 0.25) is 0 Å². The van der Waals surface area contributed by atoms with Gasteiger partial charge in [-0.15, -0.1) is 0 Å². The Morgan fingerprint density at radius 2 is 1.53 bits per heavy atom. The molecular weight excluding hydrogens is 238 g/mol. The largest absolute Gasteiger partial charge is 0.278 e. The summed E-state index contributed by atoms with van der Waals surface area (Å²) in [4.78, 5) is 26.4. The van der Waals surface area contributed by atoms with Gasteiger partial charge >= 0.3 is 0 Å². The Kier molecular flexibility index (Phi) is 2.19. The predicted octanol–water partition coefficient (Wildman–Crippen LogP) is 1.99. The minimum Gasteiger partial charge on any atom is -0.278 e. The molecule has 3 nitrogen and oxygen atoms in total. The van der Waals surface area contributed by atoms with Crippen molar-refractivity contribution < 1.29 is 9.59 Å². The third-order valence-electron chi connectivity index (χ3n) is 4.75. The van der Waals surface area contributed by atoms with E-state index in [4.69, 9.17) is 0 Å². The molecule has 4 atom stereocenters. The molecule has 3 heteroatoms. The lowest BCUT2D eigenvalue weighted by Crippen LogP contribution is -2.32. The van der Waals surface area contributed by atoms with Crippen LogP contribution in [0.5, 0.6) is 0 Å². The van der Waals surface area contributed by atoms with Crippen molar-refractivity contribution >= 4 is 11.8 Å². The minimum absolute atomic E-state index is 0.0377. The van der Waals surface area contributed by atoms with Gasteiger partial charge in [-0.05, 0) is 23.8 Å². The molecule has 1 heterocycles. The summed E-state index contributed by atoms with van der Waals surface area (Å²) in [6.07, 6.45) is 5.25. The molecule has 2 fully saturated rings. The molecule has 1 saturated carbocycles. The van der Waals surface area contributed by atoms with E-state index in [1.165, 1.54) is 4.90 Å². The van der Waals surface area contributed by atoms with Crippen LogP contribution in [-0.4, -0.2) is 16.7 Å². The number of carbonyl (C=O) groups excluding carboxylic acids is 2. The number of carbonyl (C=O) groups is 2. The Morgan fingerprint density at radius 1 is 0.947 bits per heavy atom. The first-order chi connectivity index (χ1) is 9.25. The van der Waals surface area contributed by atoms with Crippen LogP contribution >= 0.6 is 0 Å². The van der Waals surface area contributed by atoms with E-state index in [2.05, 4.69) is 12.2 Å². The average molecular weight is 253 g/mol. The van der Waals surface area contributed by atoms with Crippen LogP contribution in [0.15, 0.2) is 42.5 Å².